The summed E-state index contributed by atoms with van der Waals surface area (Å²) in [5, 5.41) is 15.1. The molecule has 0 saturated heterocycles. The van der Waals surface area contributed by atoms with Crippen molar-refractivity contribution in [3.63, 3.8) is 0 Å². The van der Waals surface area contributed by atoms with Crippen molar-refractivity contribution in [3.8, 4) is 0 Å². The maximum Gasteiger partial charge on any atom is 0.170 e. The average molecular weight is 373 g/mol. The predicted molar refractivity (Wildman–Crippen MR) is 85.4 cm³/mol. The monoisotopic (exact) mass is 371 g/mol. The molecule has 0 aromatic heterocycles. The quantitative estimate of drug-likeness (QED) is 0.329. The van der Waals surface area contributed by atoms with Crippen LogP contribution in [0, 0.1) is 5.82 Å². The molecule has 0 radical (unpaired) electrons. The van der Waals surface area contributed by atoms with Crippen LogP contribution in [0.2, 0.25) is 5.02 Å². The Hall–Kier alpha value is -1.79. The lowest BCUT2D eigenvalue weighted by atomic mass is 10.1. The first-order valence-corrected chi connectivity index (χ1v) is 7.13. The summed E-state index contributed by atoms with van der Waals surface area (Å²) in [4.78, 5) is 0. The Morgan fingerprint density at radius 3 is 2.71 bits per heavy atom. The van der Waals surface area contributed by atoms with Crippen LogP contribution in [0.1, 0.15) is 11.1 Å². The van der Waals surface area contributed by atoms with Gasteiger partial charge in [-0.15, -0.1) is 0 Å². The first-order valence-electron chi connectivity index (χ1n) is 5.96. The molecule has 0 fully saturated rings. The molecule has 0 aliphatic heterocycles. The van der Waals surface area contributed by atoms with Gasteiger partial charge in [-0.25, -0.2) is 4.39 Å². The molecule has 2 aromatic rings. The number of oxime groups is 1. The molecule has 2 rings (SSSR count). The van der Waals surface area contributed by atoms with Gasteiger partial charge in [-0.3, -0.25) is 0 Å². The van der Waals surface area contributed by atoms with Crippen molar-refractivity contribution in [2.45, 2.75) is 6.54 Å². The lowest BCUT2D eigenvalue weighted by Crippen LogP contribution is -2.13. The van der Waals surface area contributed by atoms with Crippen molar-refractivity contribution in [3.05, 3.63) is 62.8 Å². The van der Waals surface area contributed by atoms with Crippen molar-refractivity contribution in [1.29, 1.82) is 0 Å². The molecule has 4 N–H and O–H groups in total. The van der Waals surface area contributed by atoms with Gasteiger partial charge in [0.25, 0.3) is 0 Å². The van der Waals surface area contributed by atoms with E-state index < -0.39 is 0 Å². The van der Waals surface area contributed by atoms with Crippen LogP contribution in [0.5, 0.6) is 0 Å². The molecule has 4 nitrogen and oxygen atoms in total. The van der Waals surface area contributed by atoms with Gasteiger partial charge in [-0.1, -0.05) is 28.9 Å². The van der Waals surface area contributed by atoms with E-state index in [-0.39, 0.29) is 11.7 Å². The summed E-state index contributed by atoms with van der Waals surface area (Å²) >= 11 is 9.24. The molecule has 7 heteroatoms. The number of halogens is 3. The van der Waals surface area contributed by atoms with Crippen LogP contribution in [0.15, 0.2) is 46.0 Å². The Bertz CT molecular complexity index is 694. The molecule has 0 heterocycles. The van der Waals surface area contributed by atoms with E-state index in [0.717, 1.165) is 5.56 Å². The Morgan fingerprint density at radius 1 is 1.33 bits per heavy atom. The van der Waals surface area contributed by atoms with Crippen LogP contribution in [-0.2, 0) is 6.54 Å². The highest BCUT2D eigenvalue weighted by molar-refractivity contribution is 9.10. The number of amidine groups is 1. The number of nitrogens with one attached hydrogen (secondary N) is 1. The first-order chi connectivity index (χ1) is 10.0. The lowest BCUT2D eigenvalue weighted by Gasteiger charge is -2.10. The number of benzene rings is 2. The minimum atomic E-state index is -0.339. The molecule has 2 aromatic carbocycles. The minimum Gasteiger partial charge on any atom is -0.409 e. The zero-order chi connectivity index (χ0) is 15.4. The van der Waals surface area contributed by atoms with Gasteiger partial charge in [0, 0.05) is 22.8 Å². The Labute approximate surface area is 134 Å². The number of rotatable bonds is 4. The van der Waals surface area contributed by atoms with Crippen LogP contribution < -0.4 is 11.1 Å². The predicted octanol–water partition coefficient (Wildman–Crippen LogP) is 3.95. The second-order valence-corrected chi connectivity index (χ2v) is 5.54. The summed E-state index contributed by atoms with van der Waals surface area (Å²) in [7, 11) is 0. The van der Waals surface area contributed by atoms with Gasteiger partial charge in [-0.2, -0.15) is 0 Å². The zero-order valence-corrected chi connectivity index (χ0v) is 13.1. The molecule has 0 saturated carbocycles. The van der Waals surface area contributed by atoms with Gasteiger partial charge in [0.2, 0.25) is 0 Å². The summed E-state index contributed by atoms with van der Waals surface area (Å²) in [6, 6.07) is 9.84. The van der Waals surface area contributed by atoms with Crippen LogP contribution in [0.3, 0.4) is 0 Å². The van der Waals surface area contributed by atoms with Gasteiger partial charge >= 0.3 is 0 Å². The Balaban J connectivity index is 2.11. The summed E-state index contributed by atoms with van der Waals surface area (Å²) < 4.78 is 13.8. The van der Waals surface area contributed by atoms with Crippen molar-refractivity contribution in [1.82, 2.24) is 0 Å². The molecule has 0 atom stereocenters. The molecule has 0 spiro atoms. The molecule has 0 bridgehead atoms. The van der Waals surface area contributed by atoms with Crippen LogP contribution in [0.25, 0.3) is 0 Å². The number of hydrogen-bond acceptors (Lipinski definition) is 3. The molecule has 0 aliphatic carbocycles. The number of nitrogens with two attached hydrogens (primary N) is 1. The van der Waals surface area contributed by atoms with Gasteiger partial charge in [0.1, 0.15) is 5.82 Å². The molecule has 0 amide bonds. The van der Waals surface area contributed by atoms with E-state index >= 15 is 0 Å². The van der Waals surface area contributed by atoms with Crippen molar-refractivity contribution < 1.29 is 9.60 Å². The van der Waals surface area contributed by atoms with E-state index in [4.69, 9.17) is 22.5 Å². The highest BCUT2D eigenvalue weighted by atomic mass is 79.9. The fraction of sp³-hybridized carbons (Fsp3) is 0.0714. The maximum absolute atomic E-state index is 13.4. The molecule has 0 aliphatic rings. The number of nitrogens with zero attached hydrogens (tertiary/aromatic N) is 1. The van der Waals surface area contributed by atoms with E-state index in [1.54, 1.807) is 30.3 Å². The van der Waals surface area contributed by atoms with Crippen molar-refractivity contribution >= 4 is 39.1 Å². The normalized spacial score (nSPS) is 11.5. The third kappa shape index (κ3) is 3.86. The fourth-order valence-electron chi connectivity index (χ4n) is 1.71. The van der Waals surface area contributed by atoms with E-state index in [1.807, 2.05) is 0 Å². The summed E-state index contributed by atoms with van der Waals surface area (Å²) in [5.74, 6) is -0.347. The number of hydrogen-bond donors (Lipinski definition) is 3. The van der Waals surface area contributed by atoms with Crippen LogP contribution in [0.4, 0.5) is 10.1 Å². The highest BCUT2D eigenvalue weighted by Gasteiger charge is 2.06. The second-order valence-electron chi connectivity index (χ2n) is 4.27. The van der Waals surface area contributed by atoms with E-state index in [9.17, 15) is 4.39 Å². The molecule has 0 unspecified atom stereocenters. The van der Waals surface area contributed by atoms with Crippen LogP contribution in [-0.4, -0.2) is 11.0 Å². The Morgan fingerprint density at radius 2 is 2.10 bits per heavy atom. The lowest BCUT2D eigenvalue weighted by molar-refractivity contribution is 0.318. The standard InChI is InChI=1S/C14H12BrClFN3O/c15-11-4-3-10(6-13(11)17)19-7-9-2-1-8(5-12(9)16)14(18)20-21/h1-6,19,21H,7H2,(H2,18,20). The van der Waals surface area contributed by atoms with Gasteiger partial charge in [0.15, 0.2) is 5.84 Å². The van der Waals surface area contributed by atoms with Crippen molar-refractivity contribution in [2.75, 3.05) is 5.32 Å². The van der Waals surface area contributed by atoms with Gasteiger partial charge in [-0.05, 0) is 45.8 Å². The van der Waals surface area contributed by atoms with E-state index in [2.05, 4.69) is 26.4 Å². The maximum atomic E-state index is 13.4. The minimum absolute atomic E-state index is 0.00797. The van der Waals surface area contributed by atoms with Gasteiger partial charge < -0.3 is 16.3 Å². The summed E-state index contributed by atoms with van der Waals surface area (Å²) in [6.07, 6.45) is 0. The van der Waals surface area contributed by atoms with E-state index in [1.165, 1.54) is 6.07 Å². The Kier molecular flexibility index (Phi) is 5.03. The molecule has 110 valence electrons. The highest BCUT2D eigenvalue weighted by Crippen LogP contribution is 2.22. The molecular formula is C14H12BrClFN3O. The third-order valence-corrected chi connectivity index (χ3v) is 3.85. The van der Waals surface area contributed by atoms with Gasteiger partial charge in [0.05, 0.1) is 4.47 Å². The summed E-state index contributed by atoms with van der Waals surface area (Å²) in [6.45, 7) is 0.427. The molecule has 21 heavy (non-hydrogen) atoms. The second kappa shape index (κ2) is 6.78. The summed E-state index contributed by atoms with van der Waals surface area (Å²) in [5.41, 5.74) is 7.48. The van der Waals surface area contributed by atoms with Crippen LogP contribution >= 0.6 is 27.5 Å². The SMILES string of the molecule is N/C(=N/O)c1ccc(CNc2ccc(Br)c(F)c2)c(Cl)c1. The van der Waals surface area contributed by atoms with E-state index in [0.29, 0.717) is 27.3 Å². The number of anilines is 1. The first kappa shape index (κ1) is 15.6. The zero-order valence-electron chi connectivity index (χ0n) is 10.8. The fourth-order valence-corrected chi connectivity index (χ4v) is 2.21. The third-order valence-electron chi connectivity index (χ3n) is 2.86. The average Bonchev–Trinajstić information content (AvgIpc) is 2.48. The topological polar surface area (TPSA) is 70.6 Å². The smallest absolute Gasteiger partial charge is 0.170 e. The van der Waals surface area contributed by atoms with Crippen molar-refractivity contribution in [2.24, 2.45) is 10.9 Å². The molecular weight excluding hydrogens is 361 g/mol. The largest absolute Gasteiger partial charge is 0.409 e.